The van der Waals surface area contributed by atoms with E-state index in [-0.39, 0.29) is 25.0 Å². The number of nitrogens with zero attached hydrogens (tertiary/aromatic N) is 3. The Balaban J connectivity index is 1.58. The molecular formula is C19H21N5O5. The molecule has 5 rings (SSSR count). The summed E-state index contributed by atoms with van der Waals surface area (Å²) < 4.78 is 21.8. The van der Waals surface area contributed by atoms with Crippen molar-refractivity contribution in [3.63, 3.8) is 0 Å². The Morgan fingerprint density at radius 3 is 2.86 bits per heavy atom. The van der Waals surface area contributed by atoms with Gasteiger partial charge in [0.25, 0.3) is 0 Å². The van der Waals surface area contributed by atoms with Crippen molar-refractivity contribution in [1.82, 2.24) is 9.97 Å². The number of rotatable bonds is 3. The molecule has 1 aromatic heterocycles. The number of aromatic nitrogens is 2. The first-order chi connectivity index (χ1) is 14.1. The van der Waals surface area contributed by atoms with Crippen molar-refractivity contribution in [2.75, 3.05) is 56.2 Å². The smallest absolute Gasteiger partial charge is 0.231 e. The van der Waals surface area contributed by atoms with Gasteiger partial charge in [0, 0.05) is 31.0 Å². The second kappa shape index (κ2) is 6.96. The average Bonchev–Trinajstić information content (AvgIpc) is 3.21. The molecule has 0 saturated carbocycles. The number of carbonyl (C=O) groups is 1. The van der Waals surface area contributed by atoms with Crippen LogP contribution in [-0.2, 0) is 9.53 Å². The highest BCUT2D eigenvalue weighted by Crippen LogP contribution is 2.47. The minimum absolute atomic E-state index is 0.130. The van der Waals surface area contributed by atoms with E-state index in [0.29, 0.717) is 66.7 Å². The highest BCUT2D eigenvalue weighted by atomic mass is 16.7. The van der Waals surface area contributed by atoms with Crippen LogP contribution >= 0.6 is 0 Å². The van der Waals surface area contributed by atoms with Crippen molar-refractivity contribution < 1.29 is 23.7 Å². The normalized spacial score (nSPS) is 20.2. The molecule has 1 saturated heterocycles. The van der Waals surface area contributed by atoms with Crippen LogP contribution in [0.25, 0.3) is 0 Å². The zero-order chi connectivity index (χ0) is 20.0. The fourth-order valence-electron chi connectivity index (χ4n) is 3.92. The number of benzene rings is 1. The lowest BCUT2D eigenvalue weighted by atomic mass is 9.86. The highest BCUT2D eigenvalue weighted by molar-refractivity contribution is 5.95. The van der Waals surface area contributed by atoms with Crippen molar-refractivity contribution in [3.05, 3.63) is 23.3 Å². The number of anilines is 3. The summed E-state index contributed by atoms with van der Waals surface area (Å²) in [6, 6.07) is 3.70. The zero-order valence-electron chi connectivity index (χ0n) is 15.9. The van der Waals surface area contributed by atoms with E-state index < -0.39 is 0 Å². The number of morpholine rings is 1. The quantitative estimate of drug-likeness (QED) is 0.781. The molecule has 152 valence electrons. The first kappa shape index (κ1) is 17.8. The average molecular weight is 399 g/mol. The molecule has 1 atom stereocenters. The van der Waals surface area contributed by atoms with Gasteiger partial charge in [-0.3, -0.25) is 4.79 Å². The predicted molar refractivity (Wildman–Crippen MR) is 104 cm³/mol. The van der Waals surface area contributed by atoms with Crippen LogP contribution in [0.2, 0.25) is 0 Å². The molecule has 1 fully saturated rings. The Kier molecular flexibility index (Phi) is 4.27. The third kappa shape index (κ3) is 3.05. The van der Waals surface area contributed by atoms with Gasteiger partial charge in [-0.05, 0) is 17.7 Å². The van der Waals surface area contributed by atoms with Crippen LogP contribution in [0.4, 0.5) is 17.6 Å². The molecule has 3 N–H and O–H groups in total. The standard InChI is InChI=1S/C19H21N5O5/c1-26-12-6-10(7-13-16(12)29-9-28-13)11-8-14(25)21-18-15(11)17(20)22-19(23-18)24-2-4-27-5-3-24/h6-7,11H,2-5,8-9H2,1H3,(H3,20,21,22,23,25). The summed E-state index contributed by atoms with van der Waals surface area (Å²) in [7, 11) is 1.56. The molecule has 10 nitrogen and oxygen atoms in total. The Morgan fingerprint density at radius 1 is 1.24 bits per heavy atom. The maximum atomic E-state index is 12.5. The third-order valence-corrected chi connectivity index (χ3v) is 5.34. The van der Waals surface area contributed by atoms with E-state index in [1.165, 1.54) is 0 Å². The van der Waals surface area contributed by atoms with Gasteiger partial charge in [-0.1, -0.05) is 0 Å². The third-order valence-electron chi connectivity index (χ3n) is 5.34. The van der Waals surface area contributed by atoms with Crippen molar-refractivity contribution in [3.8, 4) is 17.2 Å². The largest absolute Gasteiger partial charge is 0.493 e. The molecule has 2 aromatic rings. The van der Waals surface area contributed by atoms with Crippen molar-refractivity contribution in [2.24, 2.45) is 0 Å². The van der Waals surface area contributed by atoms with Crippen LogP contribution in [0, 0.1) is 0 Å². The van der Waals surface area contributed by atoms with Crippen LogP contribution in [0.5, 0.6) is 17.2 Å². The summed E-state index contributed by atoms with van der Waals surface area (Å²) in [5, 5.41) is 2.85. The molecular weight excluding hydrogens is 378 g/mol. The first-order valence-corrected chi connectivity index (χ1v) is 9.41. The molecule has 0 spiro atoms. The maximum absolute atomic E-state index is 12.5. The molecule has 10 heteroatoms. The van der Waals surface area contributed by atoms with E-state index >= 15 is 0 Å². The van der Waals surface area contributed by atoms with E-state index in [2.05, 4.69) is 15.3 Å². The second-order valence-corrected chi connectivity index (χ2v) is 7.03. The Hall–Kier alpha value is -3.27. The summed E-state index contributed by atoms with van der Waals surface area (Å²) in [6.07, 6.45) is 0.222. The summed E-state index contributed by atoms with van der Waals surface area (Å²) in [4.78, 5) is 23.6. The van der Waals surface area contributed by atoms with E-state index in [0.717, 1.165) is 5.56 Å². The number of fused-ring (bicyclic) bond motifs is 2. The first-order valence-electron chi connectivity index (χ1n) is 9.41. The van der Waals surface area contributed by atoms with Crippen molar-refractivity contribution >= 4 is 23.5 Å². The van der Waals surface area contributed by atoms with Gasteiger partial charge in [0.2, 0.25) is 24.4 Å². The van der Waals surface area contributed by atoms with Gasteiger partial charge in [-0.2, -0.15) is 9.97 Å². The van der Waals surface area contributed by atoms with Gasteiger partial charge in [0.05, 0.1) is 20.3 Å². The van der Waals surface area contributed by atoms with Gasteiger partial charge < -0.3 is 34.9 Å². The van der Waals surface area contributed by atoms with Gasteiger partial charge in [0.1, 0.15) is 11.6 Å². The predicted octanol–water partition coefficient (Wildman–Crippen LogP) is 1.11. The van der Waals surface area contributed by atoms with Crippen LogP contribution in [0.3, 0.4) is 0 Å². The molecule has 1 unspecified atom stereocenters. The molecule has 29 heavy (non-hydrogen) atoms. The number of ether oxygens (including phenoxy) is 4. The Morgan fingerprint density at radius 2 is 2.07 bits per heavy atom. The van der Waals surface area contributed by atoms with Crippen molar-refractivity contribution in [1.29, 1.82) is 0 Å². The minimum atomic E-state index is -0.319. The Bertz CT molecular complexity index is 976. The zero-order valence-corrected chi connectivity index (χ0v) is 15.9. The molecule has 3 aliphatic rings. The molecule has 0 radical (unpaired) electrons. The summed E-state index contributed by atoms with van der Waals surface area (Å²) >= 11 is 0. The summed E-state index contributed by atoms with van der Waals surface area (Å²) in [5.41, 5.74) is 7.88. The van der Waals surface area contributed by atoms with Crippen molar-refractivity contribution in [2.45, 2.75) is 12.3 Å². The van der Waals surface area contributed by atoms with E-state index in [1.807, 2.05) is 17.0 Å². The monoisotopic (exact) mass is 399 g/mol. The number of carbonyl (C=O) groups excluding carboxylic acids is 1. The number of nitrogens with one attached hydrogen (secondary N) is 1. The van der Waals surface area contributed by atoms with Crippen LogP contribution < -0.4 is 30.2 Å². The molecule has 4 heterocycles. The number of nitrogens with two attached hydrogens (primary N) is 1. The van der Waals surface area contributed by atoms with Crippen LogP contribution in [0.1, 0.15) is 23.5 Å². The van der Waals surface area contributed by atoms with Crippen LogP contribution in [0.15, 0.2) is 12.1 Å². The number of hydrogen-bond acceptors (Lipinski definition) is 9. The number of hydrogen-bond donors (Lipinski definition) is 2. The molecule has 3 aliphatic heterocycles. The maximum Gasteiger partial charge on any atom is 0.231 e. The Labute approximate surface area is 166 Å². The highest BCUT2D eigenvalue weighted by Gasteiger charge is 2.34. The summed E-state index contributed by atoms with van der Waals surface area (Å²) in [6.45, 7) is 2.69. The molecule has 1 amide bonds. The van der Waals surface area contributed by atoms with E-state index in [4.69, 9.17) is 24.7 Å². The second-order valence-electron chi connectivity index (χ2n) is 7.03. The molecule has 0 bridgehead atoms. The lowest BCUT2D eigenvalue weighted by molar-refractivity contribution is -0.116. The number of amides is 1. The lowest BCUT2D eigenvalue weighted by Crippen LogP contribution is -2.38. The number of nitrogen functional groups attached to an aromatic ring is 1. The fourth-order valence-corrected chi connectivity index (χ4v) is 3.92. The van der Waals surface area contributed by atoms with Gasteiger partial charge >= 0.3 is 0 Å². The minimum Gasteiger partial charge on any atom is -0.493 e. The van der Waals surface area contributed by atoms with Crippen LogP contribution in [-0.4, -0.2) is 56.1 Å². The topological polar surface area (TPSA) is 121 Å². The van der Waals surface area contributed by atoms with E-state index in [9.17, 15) is 4.79 Å². The van der Waals surface area contributed by atoms with Gasteiger partial charge in [-0.25, -0.2) is 0 Å². The lowest BCUT2D eigenvalue weighted by Gasteiger charge is -2.30. The van der Waals surface area contributed by atoms with E-state index in [1.54, 1.807) is 7.11 Å². The SMILES string of the molecule is COc1cc(C2CC(=O)Nc3nc(N4CCOCC4)nc(N)c32)cc2c1OCO2. The summed E-state index contributed by atoms with van der Waals surface area (Å²) in [5.74, 6) is 2.52. The fraction of sp³-hybridized carbons (Fsp3) is 0.421. The number of methoxy groups -OCH3 is 1. The molecule has 0 aliphatic carbocycles. The van der Waals surface area contributed by atoms with Gasteiger partial charge in [-0.15, -0.1) is 0 Å². The van der Waals surface area contributed by atoms with Gasteiger partial charge in [0.15, 0.2) is 11.5 Å². The molecule has 1 aromatic carbocycles.